The van der Waals surface area contributed by atoms with E-state index in [-0.39, 0.29) is 5.78 Å². The minimum atomic E-state index is 0.0834. The third-order valence-corrected chi connectivity index (χ3v) is 4.80. The number of rotatable bonds is 3. The van der Waals surface area contributed by atoms with E-state index in [1.165, 1.54) is 0 Å². The first kappa shape index (κ1) is 12.7. The van der Waals surface area contributed by atoms with Gasteiger partial charge in [0.05, 0.1) is 0 Å². The summed E-state index contributed by atoms with van der Waals surface area (Å²) >= 11 is 5.02. The monoisotopic (exact) mass is 338 g/mol. The highest BCUT2D eigenvalue weighted by Gasteiger charge is 2.16. The van der Waals surface area contributed by atoms with Gasteiger partial charge in [-0.3, -0.25) is 4.79 Å². The Kier molecular flexibility index (Phi) is 3.57. The zero-order chi connectivity index (χ0) is 13.2. The molecule has 5 heteroatoms. The van der Waals surface area contributed by atoms with E-state index in [0.29, 0.717) is 36.7 Å². The second kappa shape index (κ2) is 5.35. The van der Waals surface area contributed by atoms with Gasteiger partial charge in [-0.15, -0.1) is 11.3 Å². The minimum absolute atomic E-state index is 0.0834. The number of ether oxygens (including phenoxy) is 2. The smallest absolute Gasteiger partial charge is 0.168 e. The van der Waals surface area contributed by atoms with E-state index in [4.69, 9.17) is 9.47 Å². The first-order valence-electron chi connectivity index (χ1n) is 5.89. The topological polar surface area (TPSA) is 35.5 Å². The summed E-state index contributed by atoms with van der Waals surface area (Å²) in [6.07, 6.45) is 0.401. The van der Waals surface area contributed by atoms with E-state index in [1.54, 1.807) is 29.5 Å². The maximum atomic E-state index is 12.2. The number of hydrogen-bond acceptors (Lipinski definition) is 4. The highest BCUT2D eigenvalue weighted by atomic mass is 79.9. The number of Topliss-reactive ketones (excluding diaryl/α,β-unsaturated/α-hetero) is 1. The Bertz CT molecular complexity index is 621. The van der Waals surface area contributed by atoms with Gasteiger partial charge in [0.2, 0.25) is 0 Å². The largest absolute Gasteiger partial charge is 0.486 e. The quantitative estimate of drug-likeness (QED) is 0.800. The standard InChI is InChI=1S/C14H11BrO3S/c15-10-3-6-19-14(10)8-11(16)9-1-2-12-13(7-9)18-5-4-17-12/h1-3,6-7H,4-5,8H2. The van der Waals surface area contributed by atoms with Crippen molar-refractivity contribution in [2.24, 2.45) is 0 Å². The van der Waals surface area contributed by atoms with Crippen LogP contribution in [-0.2, 0) is 6.42 Å². The Hall–Kier alpha value is -1.33. The van der Waals surface area contributed by atoms with Crippen molar-refractivity contribution in [2.75, 3.05) is 13.2 Å². The Labute approximate surface area is 123 Å². The Morgan fingerprint density at radius 2 is 2.00 bits per heavy atom. The van der Waals surface area contributed by atoms with Gasteiger partial charge in [-0.1, -0.05) is 0 Å². The van der Waals surface area contributed by atoms with Crippen LogP contribution >= 0.6 is 27.3 Å². The van der Waals surface area contributed by atoms with Crippen molar-refractivity contribution < 1.29 is 14.3 Å². The summed E-state index contributed by atoms with van der Waals surface area (Å²) < 4.78 is 11.9. The van der Waals surface area contributed by atoms with Crippen LogP contribution in [0.25, 0.3) is 0 Å². The molecule has 0 saturated heterocycles. The summed E-state index contributed by atoms with van der Waals surface area (Å²) in [4.78, 5) is 13.3. The van der Waals surface area contributed by atoms with Crippen molar-refractivity contribution in [1.29, 1.82) is 0 Å². The van der Waals surface area contributed by atoms with Gasteiger partial charge in [-0.05, 0) is 45.6 Å². The molecule has 0 radical (unpaired) electrons. The highest BCUT2D eigenvalue weighted by Crippen LogP contribution is 2.31. The SMILES string of the molecule is O=C(Cc1sccc1Br)c1ccc2c(c1)OCCO2. The molecule has 1 aromatic heterocycles. The first-order chi connectivity index (χ1) is 9.24. The molecule has 0 aliphatic carbocycles. The lowest BCUT2D eigenvalue weighted by Crippen LogP contribution is -2.16. The van der Waals surface area contributed by atoms with E-state index in [2.05, 4.69) is 15.9 Å². The molecule has 19 heavy (non-hydrogen) atoms. The van der Waals surface area contributed by atoms with Crippen LogP contribution in [0.1, 0.15) is 15.2 Å². The second-order valence-corrected chi connectivity index (χ2v) is 6.01. The fourth-order valence-corrected chi connectivity index (χ4v) is 3.41. The summed E-state index contributed by atoms with van der Waals surface area (Å²) in [6.45, 7) is 1.09. The number of carbonyl (C=O) groups excluding carboxylic acids is 1. The van der Waals surface area contributed by atoms with Crippen molar-refractivity contribution in [3.63, 3.8) is 0 Å². The van der Waals surface area contributed by atoms with Crippen LogP contribution in [0.2, 0.25) is 0 Å². The Balaban J connectivity index is 1.82. The third kappa shape index (κ3) is 2.67. The van der Waals surface area contributed by atoms with Gasteiger partial charge in [0, 0.05) is 21.3 Å². The number of halogens is 1. The number of ketones is 1. The Morgan fingerprint density at radius 3 is 2.74 bits per heavy atom. The summed E-state index contributed by atoms with van der Waals surface area (Å²) in [6, 6.07) is 7.30. The molecule has 0 unspecified atom stereocenters. The summed E-state index contributed by atoms with van der Waals surface area (Å²) in [5, 5.41) is 1.97. The van der Waals surface area contributed by atoms with Crippen molar-refractivity contribution in [1.82, 2.24) is 0 Å². The fraction of sp³-hybridized carbons (Fsp3) is 0.214. The fourth-order valence-electron chi connectivity index (χ4n) is 1.92. The van der Waals surface area contributed by atoms with E-state index in [1.807, 2.05) is 11.4 Å². The molecule has 0 saturated carbocycles. The van der Waals surface area contributed by atoms with Gasteiger partial charge in [0.1, 0.15) is 13.2 Å². The van der Waals surface area contributed by atoms with Gasteiger partial charge < -0.3 is 9.47 Å². The van der Waals surface area contributed by atoms with E-state index >= 15 is 0 Å². The lowest BCUT2D eigenvalue weighted by molar-refractivity contribution is 0.0992. The molecule has 1 aromatic carbocycles. The third-order valence-electron chi connectivity index (χ3n) is 2.88. The maximum absolute atomic E-state index is 12.2. The number of hydrogen-bond donors (Lipinski definition) is 0. The van der Waals surface area contributed by atoms with Gasteiger partial charge in [0.25, 0.3) is 0 Å². The van der Waals surface area contributed by atoms with Gasteiger partial charge in [-0.2, -0.15) is 0 Å². The van der Waals surface area contributed by atoms with Crippen molar-refractivity contribution >= 4 is 33.0 Å². The molecule has 0 N–H and O–H groups in total. The van der Waals surface area contributed by atoms with Crippen LogP contribution in [0, 0.1) is 0 Å². The molecule has 1 aliphatic heterocycles. The summed E-state index contributed by atoms with van der Waals surface area (Å²) in [5.41, 5.74) is 0.657. The number of carbonyl (C=O) groups is 1. The van der Waals surface area contributed by atoms with Crippen molar-refractivity contribution in [3.8, 4) is 11.5 Å². The lowest BCUT2D eigenvalue weighted by atomic mass is 10.1. The maximum Gasteiger partial charge on any atom is 0.168 e. The van der Waals surface area contributed by atoms with Crippen LogP contribution < -0.4 is 9.47 Å². The average molecular weight is 339 g/mol. The van der Waals surface area contributed by atoms with Gasteiger partial charge >= 0.3 is 0 Å². The van der Waals surface area contributed by atoms with Crippen LogP contribution in [0.3, 0.4) is 0 Å². The zero-order valence-corrected chi connectivity index (χ0v) is 12.4. The molecule has 2 aromatic rings. The van der Waals surface area contributed by atoms with Crippen LogP contribution in [0.4, 0.5) is 0 Å². The molecule has 98 valence electrons. The molecule has 0 bridgehead atoms. The van der Waals surface area contributed by atoms with Crippen LogP contribution in [0.5, 0.6) is 11.5 Å². The highest BCUT2D eigenvalue weighted by molar-refractivity contribution is 9.10. The number of fused-ring (bicyclic) bond motifs is 1. The summed E-state index contributed by atoms with van der Waals surface area (Å²) in [5.74, 6) is 1.45. The Morgan fingerprint density at radius 1 is 1.21 bits per heavy atom. The molecule has 2 heterocycles. The van der Waals surface area contributed by atoms with Crippen LogP contribution in [-0.4, -0.2) is 19.0 Å². The molecular formula is C14H11BrO3S. The predicted octanol–water partition coefficient (Wildman–Crippen LogP) is 3.71. The van der Waals surface area contributed by atoms with Crippen LogP contribution in [0.15, 0.2) is 34.1 Å². The van der Waals surface area contributed by atoms with E-state index in [0.717, 1.165) is 9.35 Å². The van der Waals surface area contributed by atoms with Crippen molar-refractivity contribution in [2.45, 2.75) is 6.42 Å². The first-order valence-corrected chi connectivity index (χ1v) is 7.56. The zero-order valence-electron chi connectivity index (χ0n) is 10.0. The predicted molar refractivity (Wildman–Crippen MR) is 77.5 cm³/mol. The minimum Gasteiger partial charge on any atom is -0.486 e. The molecule has 0 amide bonds. The molecule has 3 nitrogen and oxygen atoms in total. The molecule has 0 spiro atoms. The molecule has 1 aliphatic rings. The van der Waals surface area contributed by atoms with E-state index < -0.39 is 0 Å². The average Bonchev–Trinajstić information content (AvgIpc) is 2.84. The molecule has 0 fully saturated rings. The van der Waals surface area contributed by atoms with E-state index in [9.17, 15) is 4.79 Å². The van der Waals surface area contributed by atoms with Gasteiger partial charge in [0.15, 0.2) is 17.3 Å². The second-order valence-electron chi connectivity index (χ2n) is 4.15. The number of thiophene rings is 1. The molecule has 0 atom stereocenters. The lowest BCUT2D eigenvalue weighted by Gasteiger charge is -2.18. The number of benzene rings is 1. The van der Waals surface area contributed by atoms with Crippen molar-refractivity contribution in [3.05, 3.63) is 44.6 Å². The van der Waals surface area contributed by atoms with Gasteiger partial charge in [-0.25, -0.2) is 0 Å². The molecule has 3 rings (SSSR count). The normalized spacial score (nSPS) is 13.3. The summed E-state index contributed by atoms with van der Waals surface area (Å²) in [7, 11) is 0. The molecular weight excluding hydrogens is 328 g/mol.